The Morgan fingerprint density at radius 2 is 1.83 bits per heavy atom. The van der Waals surface area contributed by atoms with Gasteiger partial charge in [-0.1, -0.05) is 97.4 Å². The van der Waals surface area contributed by atoms with Gasteiger partial charge in [0.2, 0.25) is 0 Å². The van der Waals surface area contributed by atoms with Gasteiger partial charge in [0.15, 0.2) is 0 Å². The molecule has 0 bridgehead atoms. The molecule has 3 unspecified atom stereocenters. The van der Waals surface area contributed by atoms with Gasteiger partial charge in [0, 0.05) is 5.92 Å². The highest BCUT2D eigenvalue weighted by Gasteiger charge is 2.28. The Morgan fingerprint density at radius 3 is 2.59 bits per heavy atom. The predicted octanol–water partition coefficient (Wildman–Crippen LogP) is 8.70. The van der Waals surface area contributed by atoms with E-state index < -0.39 is 0 Å². The van der Waals surface area contributed by atoms with Crippen LogP contribution < -0.4 is 0 Å². The zero-order chi connectivity index (χ0) is 20.5. The molecule has 0 fully saturated rings. The van der Waals surface area contributed by atoms with Crippen molar-refractivity contribution in [2.24, 2.45) is 17.8 Å². The second-order valence-corrected chi connectivity index (χ2v) is 8.56. The summed E-state index contributed by atoms with van der Waals surface area (Å²) in [5, 5.41) is 0. The molecule has 2 aliphatic rings. The van der Waals surface area contributed by atoms with Crippen molar-refractivity contribution in [2.75, 3.05) is 0 Å². The van der Waals surface area contributed by atoms with Crippen molar-refractivity contribution in [2.45, 2.75) is 65.7 Å². The molecular formula is C29H38. The summed E-state index contributed by atoms with van der Waals surface area (Å²) in [7, 11) is 0. The van der Waals surface area contributed by atoms with Crippen molar-refractivity contribution >= 4 is 5.57 Å². The minimum atomic E-state index is 0.522. The lowest BCUT2D eigenvalue weighted by Crippen LogP contribution is -2.19. The Hall–Kier alpha value is -2.08. The van der Waals surface area contributed by atoms with Crippen molar-refractivity contribution in [1.82, 2.24) is 0 Å². The Kier molecular flexibility index (Phi) is 8.35. The highest BCUT2D eigenvalue weighted by Crippen LogP contribution is 2.43. The monoisotopic (exact) mass is 386 g/mol. The van der Waals surface area contributed by atoms with Crippen LogP contribution in [0.25, 0.3) is 5.57 Å². The highest BCUT2D eigenvalue weighted by atomic mass is 14.3. The maximum absolute atomic E-state index is 2.56. The van der Waals surface area contributed by atoms with Gasteiger partial charge in [0.05, 0.1) is 0 Å². The van der Waals surface area contributed by atoms with E-state index in [2.05, 4.69) is 93.6 Å². The standard InChI is InChI=1S/C29H38/c1-4-27-23(3)25(18-14-13-17-24-15-9-6-7-10-16-24)21-22-29(27)28(5-2)26-19-11-8-12-20-26/h4-6,8-12,16,19-21,23-24,29H,7,13-15,17-18,22H2,1-3H3. The lowest BCUT2D eigenvalue weighted by atomic mass is 9.71. The summed E-state index contributed by atoms with van der Waals surface area (Å²) in [5.41, 5.74) is 6.12. The largest absolute Gasteiger partial charge is 0.0876 e. The number of unbranched alkanes of at least 4 members (excludes halogenated alkanes) is 1. The summed E-state index contributed by atoms with van der Waals surface area (Å²) in [6, 6.07) is 10.9. The van der Waals surface area contributed by atoms with E-state index in [9.17, 15) is 0 Å². The third-order valence-corrected chi connectivity index (χ3v) is 6.78. The molecule has 0 N–H and O–H groups in total. The first-order chi connectivity index (χ1) is 14.2. The second kappa shape index (κ2) is 11.2. The molecule has 0 amide bonds. The van der Waals surface area contributed by atoms with Crippen LogP contribution in [0.15, 0.2) is 84.0 Å². The molecule has 0 spiro atoms. The summed E-state index contributed by atoms with van der Waals surface area (Å²) in [6.45, 7) is 6.84. The normalized spacial score (nSPS) is 26.4. The third-order valence-electron chi connectivity index (χ3n) is 6.78. The van der Waals surface area contributed by atoms with Crippen LogP contribution >= 0.6 is 0 Å². The summed E-state index contributed by atoms with van der Waals surface area (Å²) < 4.78 is 0. The Morgan fingerprint density at radius 1 is 1.00 bits per heavy atom. The molecule has 0 radical (unpaired) electrons. The molecular weight excluding hydrogens is 348 g/mol. The van der Waals surface area contributed by atoms with Gasteiger partial charge in [0.25, 0.3) is 0 Å². The third kappa shape index (κ3) is 5.72. The van der Waals surface area contributed by atoms with E-state index in [1.807, 2.05) is 0 Å². The van der Waals surface area contributed by atoms with E-state index in [4.69, 9.17) is 0 Å². The number of hydrogen-bond donors (Lipinski definition) is 0. The van der Waals surface area contributed by atoms with Gasteiger partial charge < -0.3 is 0 Å². The number of rotatable bonds is 7. The van der Waals surface area contributed by atoms with Crippen LogP contribution in [-0.2, 0) is 0 Å². The van der Waals surface area contributed by atoms with Crippen molar-refractivity contribution in [3.8, 4) is 0 Å². The first-order valence-corrected chi connectivity index (χ1v) is 11.6. The molecule has 0 saturated heterocycles. The Balaban J connectivity index is 1.60. The van der Waals surface area contributed by atoms with Crippen molar-refractivity contribution in [1.29, 1.82) is 0 Å². The van der Waals surface area contributed by atoms with Crippen molar-refractivity contribution < 1.29 is 0 Å². The molecule has 2 aliphatic carbocycles. The summed E-state index contributed by atoms with van der Waals surface area (Å²) in [4.78, 5) is 0. The number of benzene rings is 1. The topological polar surface area (TPSA) is 0 Å². The zero-order valence-electron chi connectivity index (χ0n) is 18.6. The molecule has 1 aromatic rings. The summed E-state index contributed by atoms with van der Waals surface area (Å²) in [6.07, 6.45) is 25.4. The van der Waals surface area contributed by atoms with Gasteiger partial charge in [-0.2, -0.15) is 0 Å². The molecule has 29 heavy (non-hydrogen) atoms. The smallest absolute Gasteiger partial charge is 0.00912 e. The summed E-state index contributed by atoms with van der Waals surface area (Å²) >= 11 is 0. The van der Waals surface area contributed by atoms with Gasteiger partial charge >= 0.3 is 0 Å². The zero-order valence-corrected chi connectivity index (χ0v) is 18.6. The summed E-state index contributed by atoms with van der Waals surface area (Å²) in [5.74, 6) is 1.84. The van der Waals surface area contributed by atoms with Gasteiger partial charge in [-0.3, -0.25) is 0 Å². The maximum Gasteiger partial charge on any atom is 0.00912 e. The van der Waals surface area contributed by atoms with Crippen LogP contribution in [0.3, 0.4) is 0 Å². The fourth-order valence-corrected chi connectivity index (χ4v) is 5.12. The van der Waals surface area contributed by atoms with Crippen molar-refractivity contribution in [3.63, 3.8) is 0 Å². The molecule has 0 aromatic heterocycles. The van der Waals surface area contributed by atoms with Gasteiger partial charge in [-0.25, -0.2) is 0 Å². The average Bonchev–Trinajstić information content (AvgIpc) is 3.03. The van der Waals surface area contributed by atoms with Crippen molar-refractivity contribution in [3.05, 3.63) is 89.6 Å². The van der Waals surface area contributed by atoms with E-state index in [-0.39, 0.29) is 0 Å². The van der Waals surface area contributed by atoms with E-state index in [1.54, 1.807) is 11.1 Å². The van der Waals surface area contributed by atoms with Crippen LogP contribution in [0.2, 0.25) is 0 Å². The SMILES string of the molecule is CC=C(c1ccccc1)C1CC=C(CCCCC2C=CCC=CC2)C(C)C1=CC. The van der Waals surface area contributed by atoms with E-state index in [0.717, 1.165) is 18.8 Å². The van der Waals surface area contributed by atoms with E-state index >= 15 is 0 Å². The molecule has 0 nitrogen and oxygen atoms in total. The molecule has 0 heteroatoms. The van der Waals surface area contributed by atoms with Crippen LogP contribution in [-0.4, -0.2) is 0 Å². The van der Waals surface area contributed by atoms with Gasteiger partial charge in [0.1, 0.15) is 0 Å². The van der Waals surface area contributed by atoms with Gasteiger partial charge in [-0.15, -0.1) is 0 Å². The minimum Gasteiger partial charge on any atom is -0.0876 e. The Labute approximate surface area is 178 Å². The highest BCUT2D eigenvalue weighted by molar-refractivity contribution is 5.70. The first kappa shape index (κ1) is 21.6. The van der Waals surface area contributed by atoms with Crippen LogP contribution in [0.1, 0.15) is 71.3 Å². The fraction of sp³-hybridized carbons (Fsp3) is 0.448. The van der Waals surface area contributed by atoms with E-state index in [0.29, 0.717) is 11.8 Å². The lowest BCUT2D eigenvalue weighted by Gasteiger charge is -2.33. The van der Waals surface area contributed by atoms with Gasteiger partial charge in [-0.05, 0) is 75.3 Å². The van der Waals surface area contributed by atoms with Crippen LogP contribution in [0.4, 0.5) is 0 Å². The first-order valence-electron chi connectivity index (χ1n) is 11.6. The number of hydrogen-bond acceptors (Lipinski definition) is 0. The minimum absolute atomic E-state index is 0.522. The molecule has 0 saturated carbocycles. The average molecular weight is 387 g/mol. The van der Waals surface area contributed by atoms with Crippen LogP contribution in [0, 0.1) is 17.8 Å². The molecule has 154 valence electrons. The quantitative estimate of drug-likeness (QED) is 0.325. The maximum atomic E-state index is 2.56. The number of allylic oxidation sites excluding steroid dienone is 10. The molecule has 3 atom stereocenters. The molecule has 3 rings (SSSR count). The van der Waals surface area contributed by atoms with E-state index in [1.165, 1.54) is 43.2 Å². The lowest BCUT2D eigenvalue weighted by molar-refractivity contribution is 0.530. The Bertz CT molecular complexity index is 785. The predicted molar refractivity (Wildman–Crippen MR) is 129 cm³/mol. The molecule has 1 aromatic carbocycles. The molecule has 0 aliphatic heterocycles. The molecule has 0 heterocycles. The van der Waals surface area contributed by atoms with Crippen LogP contribution in [0.5, 0.6) is 0 Å². The fourth-order valence-electron chi connectivity index (χ4n) is 5.12. The second-order valence-electron chi connectivity index (χ2n) is 8.56.